The molecule has 7 heteroatoms. The van der Waals surface area contributed by atoms with Crippen LogP contribution in [0.25, 0.3) is 0 Å². The predicted molar refractivity (Wildman–Crippen MR) is 56.7 cm³/mol. The van der Waals surface area contributed by atoms with E-state index in [9.17, 15) is 13.2 Å². The summed E-state index contributed by atoms with van der Waals surface area (Å²) in [5.41, 5.74) is 0.401. The number of carbonyl (C=O) groups excluding carboxylic acids is 1. The van der Waals surface area contributed by atoms with Crippen molar-refractivity contribution in [3.05, 3.63) is 23.2 Å². The van der Waals surface area contributed by atoms with Gasteiger partial charge in [0.2, 0.25) is 5.91 Å². The van der Waals surface area contributed by atoms with Crippen molar-refractivity contribution in [2.24, 2.45) is 0 Å². The van der Waals surface area contributed by atoms with Gasteiger partial charge in [0, 0.05) is 13.0 Å². The Hall–Kier alpha value is -1.27. The number of amides is 1. The molecule has 0 saturated carbocycles. The fraction of sp³-hybridized carbons (Fsp3) is 0.125. The molecule has 82 valence electrons. The normalized spacial score (nSPS) is 10.1. The van der Waals surface area contributed by atoms with E-state index in [1.165, 1.54) is 25.1 Å². The molecule has 1 rings (SSSR count). The molecule has 0 atom stereocenters. The minimum absolute atomic E-state index is 0.102. The summed E-state index contributed by atoms with van der Waals surface area (Å²) in [5, 5.41) is 2.68. The van der Waals surface area contributed by atoms with E-state index in [-0.39, 0.29) is 16.7 Å². The zero-order valence-electron chi connectivity index (χ0n) is 7.69. The molecule has 0 unspecified atom stereocenters. The van der Waals surface area contributed by atoms with E-state index in [1.54, 1.807) is 0 Å². The van der Waals surface area contributed by atoms with Crippen molar-refractivity contribution in [1.29, 1.82) is 0 Å². The number of anilines is 1. The Labute approximate surface area is 93.2 Å². The summed E-state index contributed by atoms with van der Waals surface area (Å²) >= 11 is 5.77. The van der Waals surface area contributed by atoms with Crippen LogP contribution in [0.4, 0.5) is 5.69 Å². The Bertz CT molecular complexity index is 450. The van der Waals surface area contributed by atoms with E-state index in [2.05, 4.69) is 9.50 Å². The standard InChI is InChI=1S/C8H8ClNO4S/c1-5(11)10-8-3-2-6(4-7(8)9)14-15(12)13/h2-4,15H,1H3,(H,10,11). The second-order valence-corrected chi connectivity index (χ2v) is 3.67. The SMILES string of the molecule is CC(=O)Nc1ccc(O[SH](=O)=O)cc1Cl. The number of thiol groups is 1. The molecule has 1 aromatic rings. The number of carbonyl (C=O) groups is 1. The van der Waals surface area contributed by atoms with Crippen LogP contribution in [0.5, 0.6) is 5.75 Å². The first-order chi connectivity index (χ1) is 6.99. The molecule has 0 saturated heterocycles. The van der Waals surface area contributed by atoms with E-state index in [0.29, 0.717) is 5.69 Å². The van der Waals surface area contributed by atoms with Gasteiger partial charge in [-0.05, 0) is 12.1 Å². The second kappa shape index (κ2) is 4.99. The van der Waals surface area contributed by atoms with Crippen LogP contribution in [0.1, 0.15) is 6.92 Å². The van der Waals surface area contributed by atoms with E-state index < -0.39 is 11.0 Å². The van der Waals surface area contributed by atoms with Crippen LogP contribution in [0.2, 0.25) is 5.02 Å². The average molecular weight is 250 g/mol. The molecule has 0 aliphatic carbocycles. The van der Waals surface area contributed by atoms with Gasteiger partial charge in [-0.2, -0.15) is 8.42 Å². The topological polar surface area (TPSA) is 72.5 Å². The Balaban J connectivity index is 2.92. The van der Waals surface area contributed by atoms with Crippen molar-refractivity contribution in [3.63, 3.8) is 0 Å². The number of benzene rings is 1. The summed E-state index contributed by atoms with van der Waals surface area (Å²) in [6.45, 7) is 1.34. The molecular formula is C8H8ClNO4S. The van der Waals surface area contributed by atoms with Crippen LogP contribution in [-0.4, -0.2) is 14.3 Å². The second-order valence-electron chi connectivity index (χ2n) is 2.64. The number of nitrogens with one attached hydrogen (secondary N) is 1. The maximum absolute atomic E-state index is 10.7. The van der Waals surface area contributed by atoms with Gasteiger partial charge in [0.1, 0.15) is 5.75 Å². The Kier molecular flexibility index (Phi) is 3.93. The van der Waals surface area contributed by atoms with Crippen molar-refractivity contribution in [2.75, 3.05) is 5.32 Å². The quantitative estimate of drug-likeness (QED) is 0.790. The molecule has 1 aromatic carbocycles. The lowest BCUT2D eigenvalue weighted by atomic mass is 10.3. The van der Waals surface area contributed by atoms with Gasteiger partial charge in [0.25, 0.3) is 11.0 Å². The van der Waals surface area contributed by atoms with Crippen LogP contribution >= 0.6 is 11.6 Å². The van der Waals surface area contributed by atoms with Crippen molar-refractivity contribution < 1.29 is 17.4 Å². The molecule has 1 N–H and O–H groups in total. The van der Waals surface area contributed by atoms with Crippen molar-refractivity contribution >= 4 is 34.2 Å². The highest BCUT2D eigenvalue weighted by Gasteiger charge is 2.04. The van der Waals surface area contributed by atoms with Crippen LogP contribution in [0.15, 0.2) is 18.2 Å². The summed E-state index contributed by atoms with van der Waals surface area (Å²) < 4.78 is 24.9. The molecule has 15 heavy (non-hydrogen) atoms. The first kappa shape index (κ1) is 11.8. The highest BCUT2D eigenvalue weighted by atomic mass is 35.5. The van der Waals surface area contributed by atoms with Gasteiger partial charge in [0.15, 0.2) is 0 Å². The lowest BCUT2D eigenvalue weighted by molar-refractivity contribution is -0.114. The highest BCUT2D eigenvalue weighted by molar-refractivity contribution is 7.67. The molecule has 0 fully saturated rings. The van der Waals surface area contributed by atoms with E-state index in [1.807, 2.05) is 0 Å². The number of halogens is 1. The maximum Gasteiger partial charge on any atom is 0.299 e. The lowest BCUT2D eigenvalue weighted by Crippen LogP contribution is -2.06. The average Bonchev–Trinajstić information content (AvgIpc) is 2.08. The maximum atomic E-state index is 10.7. The lowest BCUT2D eigenvalue weighted by Gasteiger charge is -2.05. The largest absolute Gasteiger partial charge is 0.384 e. The smallest absolute Gasteiger partial charge is 0.299 e. The molecule has 0 bridgehead atoms. The Morgan fingerprint density at radius 3 is 2.60 bits per heavy atom. The predicted octanol–water partition coefficient (Wildman–Crippen LogP) is 1.20. The molecule has 5 nitrogen and oxygen atoms in total. The van der Waals surface area contributed by atoms with E-state index >= 15 is 0 Å². The van der Waals surface area contributed by atoms with Gasteiger partial charge < -0.3 is 9.50 Å². The minimum Gasteiger partial charge on any atom is -0.384 e. The monoisotopic (exact) mass is 249 g/mol. The van der Waals surface area contributed by atoms with Crippen molar-refractivity contribution in [1.82, 2.24) is 0 Å². The first-order valence-corrected chi connectivity index (χ1v) is 5.36. The Morgan fingerprint density at radius 1 is 1.47 bits per heavy atom. The van der Waals surface area contributed by atoms with Gasteiger partial charge >= 0.3 is 0 Å². The van der Waals surface area contributed by atoms with Crippen LogP contribution in [0, 0.1) is 0 Å². The van der Waals surface area contributed by atoms with Gasteiger partial charge in [-0.15, -0.1) is 0 Å². The molecule has 1 amide bonds. The summed E-state index contributed by atoms with van der Waals surface area (Å²) in [7, 11) is -2.96. The fourth-order valence-corrected chi connectivity index (χ4v) is 1.43. The molecular weight excluding hydrogens is 242 g/mol. The molecule has 0 aromatic heterocycles. The number of rotatable bonds is 3. The van der Waals surface area contributed by atoms with Crippen molar-refractivity contribution in [2.45, 2.75) is 6.92 Å². The highest BCUT2D eigenvalue weighted by Crippen LogP contribution is 2.26. The molecule has 0 heterocycles. The van der Waals surface area contributed by atoms with Gasteiger partial charge in [-0.3, -0.25) is 4.79 Å². The van der Waals surface area contributed by atoms with Crippen LogP contribution < -0.4 is 9.50 Å². The molecule has 0 radical (unpaired) electrons. The van der Waals surface area contributed by atoms with Crippen LogP contribution in [-0.2, 0) is 15.8 Å². The van der Waals surface area contributed by atoms with Crippen LogP contribution in [0.3, 0.4) is 0 Å². The third kappa shape index (κ3) is 3.77. The zero-order chi connectivity index (χ0) is 11.4. The van der Waals surface area contributed by atoms with Gasteiger partial charge in [-0.25, -0.2) is 0 Å². The number of hydrogen-bond acceptors (Lipinski definition) is 4. The number of hydrogen-bond donors (Lipinski definition) is 2. The summed E-state index contributed by atoms with van der Waals surface area (Å²) in [6.07, 6.45) is 0. The third-order valence-electron chi connectivity index (χ3n) is 1.43. The zero-order valence-corrected chi connectivity index (χ0v) is 9.34. The molecule has 0 spiro atoms. The molecule has 0 aliphatic rings. The first-order valence-electron chi connectivity index (χ1n) is 3.88. The van der Waals surface area contributed by atoms with E-state index in [4.69, 9.17) is 11.6 Å². The summed E-state index contributed by atoms with van der Waals surface area (Å²) in [6, 6.07) is 4.15. The van der Waals surface area contributed by atoms with E-state index in [0.717, 1.165) is 0 Å². The Morgan fingerprint density at radius 2 is 2.13 bits per heavy atom. The molecule has 0 aliphatic heterocycles. The summed E-state index contributed by atoms with van der Waals surface area (Å²) in [5.74, 6) is -0.161. The van der Waals surface area contributed by atoms with Crippen molar-refractivity contribution in [3.8, 4) is 5.75 Å². The fourth-order valence-electron chi connectivity index (χ4n) is 0.930. The third-order valence-corrected chi connectivity index (χ3v) is 2.10. The summed E-state index contributed by atoms with van der Waals surface area (Å²) in [4.78, 5) is 10.7. The minimum atomic E-state index is -2.96. The van der Waals surface area contributed by atoms with Gasteiger partial charge in [-0.1, -0.05) is 11.6 Å². The van der Waals surface area contributed by atoms with Gasteiger partial charge in [0.05, 0.1) is 10.7 Å².